The van der Waals surface area contributed by atoms with E-state index in [0.717, 1.165) is 23.0 Å². The molecule has 0 aliphatic heterocycles. The molecule has 0 aliphatic rings. The van der Waals surface area contributed by atoms with E-state index in [2.05, 4.69) is 39.7 Å². The fourth-order valence-corrected chi connectivity index (χ4v) is 3.03. The number of nitrogens with one attached hydrogen (secondary N) is 1. The molecule has 0 atom stereocenters. The van der Waals surface area contributed by atoms with Crippen molar-refractivity contribution in [2.45, 2.75) is 23.1 Å². The molecule has 2 rings (SSSR count). The largest absolute Gasteiger partial charge is 0.370 e. The molecule has 0 amide bonds. The molecule has 2 aromatic rings. The summed E-state index contributed by atoms with van der Waals surface area (Å²) in [5, 5.41) is 6.33. The van der Waals surface area contributed by atoms with Crippen molar-refractivity contribution in [2.24, 2.45) is 0 Å². The maximum Gasteiger partial charge on any atom is 0.133 e. The maximum atomic E-state index is 4.31. The van der Waals surface area contributed by atoms with Gasteiger partial charge in [-0.25, -0.2) is 9.97 Å². The van der Waals surface area contributed by atoms with Gasteiger partial charge < -0.3 is 5.32 Å². The number of hydrogen-bond acceptors (Lipinski definition) is 5. The van der Waals surface area contributed by atoms with Gasteiger partial charge in [0.05, 0.1) is 4.21 Å². The lowest BCUT2D eigenvalue weighted by Crippen LogP contribution is -2.03. The summed E-state index contributed by atoms with van der Waals surface area (Å²) in [6.45, 7) is 4.99. The van der Waals surface area contributed by atoms with Crippen molar-refractivity contribution >= 4 is 28.9 Å². The first kappa shape index (κ1) is 11.4. The summed E-state index contributed by atoms with van der Waals surface area (Å²) in [6, 6.07) is 4.15. The molecule has 0 aromatic carbocycles. The molecule has 0 unspecified atom stereocenters. The van der Waals surface area contributed by atoms with Crippen LogP contribution >= 0.6 is 23.1 Å². The SMILES string of the molecule is CCNc1ncnc(Sc2cccs2)c1C. The molecule has 0 fully saturated rings. The molecule has 16 heavy (non-hydrogen) atoms. The van der Waals surface area contributed by atoms with Crippen molar-refractivity contribution < 1.29 is 0 Å². The summed E-state index contributed by atoms with van der Waals surface area (Å²) >= 11 is 3.42. The van der Waals surface area contributed by atoms with Crippen molar-refractivity contribution in [3.05, 3.63) is 29.4 Å². The van der Waals surface area contributed by atoms with Crippen LogP contribution in [0.5, 0.6) is 0 Å². The summed E-state index contributed by atoms with van der Waals surface area (Å²) in [7, 11) is 0. The lowest BCUT2D eigenvalue weighted by atomic mass is 10.3. The molecule has 0 aliphatic carbocycles. The van der Waals surface area contributed by atoms with Crippen LogP contribution in [0.4, 0.5) is 5.82 Å². The van der Waals surface area contributed by atoms with Gasteiger partial charge >= 0.3 is 0 Å². The van der Waals surface area contributed by atoms with Crippen molar-refractivity contribution in [2.75, 3.05) is 11.9 Å². The van der Waals surface area contributed by atoms with Crippen LogP contribution < -0.4 is 5.32 Å². The highest BCUT2D eigenvalue weighted by Gasteiger charge is 2.08. The second-order valence-electron chi connectivity index (χ2n) is 3.22. The first-order valence-corrected chi connectivity index (χ1v) is 6.77. The Morgan fingerprint density at radius 2 is 2.31 bits per heavy atom. The van der Waals surface area contributed by atoms with Gasteiger partial charge in [0, 0.05) is 12.1 Å². The molecule has 84 valence electrons. The summed E-state index contributed by atoms with van der Waals surface area (Å²) in [4.78, 5) is 8.54. The van der Waals surface area contributed by atoms with E-state index < -0.39 is 0 Å². The zero-order valence-electron chi connectivity index (χ0n) is 9.23. The van der Waals surface area contributed by atoms with E-state index in [1.807, 2.05) is 6.92 Å². The number of rotatable bonds is 4. The van der Waals surface area contributed by atoms with Gasteiger partial charge in [-0.15, -0.1) is 11.3 Å². The molecule has 1 N–H and O–H groups in total. The number of anilines is 1. The van der Waals surface area contributed by atoms with Gasteiger partial charge in [-0.05, 0) is 25.3 Å². The molecule has 5 heteroatoms. The van der Waals surface area contributed by atoms with Gasteiger partial charge in [-0.3, -0.25) is 0 Å². The molecular weight excluding hydrogens is 238 g/mol. The topological polar surface area (TPSA) is 37.8 Å². The third-order valence-corrected chi connectivity index (χ3v) is 4.22. The highest BCUT2D eigenvalue weighted by Crippen LogP contribution is 2.33. The first-order chi connectivity index (χ1) is 7.81. The fourth-order valence-electron chi connectivity index (χ4n) is 1.30. The highest BCUT2D eigenvalue weighted by atomic mass is 32.2. The van der Waals surface area contributed by atoms with E-state index in [1.54, 1.807) is 29.4 Å². The predicted molar refractivity (Wildman–Crippen MR) is 69.4 cm³/mol. The summed E-state index contributed by atoms with van der Waals surface area (Å²) in [5.41, 5.74) is 1.11. The Bertz CT molecular complexity index is 454. The number of hydrogen-bond donors (Lipinski definition) is 1. The van der Waals surface area contributed by atoms with E-state index in [-0.39, 0.29) is 0 Å². The number of nitrogens with zero attached hydrogens (tertiary/aromatic N) is 2. The van der Waals surface area contributed by atoms with Crippen LogP contribution in [0.15, 0.2) is 33.1 Å². The molecule has 0 bridgehead atoms. The van der Waals surface area contributed by atoms with E-state index in [1.165, 1.54) is 4.21 Å². The molecule has 2 aromatic heterocycles. The summed E-state index contributed by atoms with van der Waals surface area (Å²) in [5.74, 6) is 0.927. The van der Waals surface area contributed by atoms with Crippen LogP contribution in [0.3, 0.4) is 0 Å². The zero-order chi connectivity index (χ0) is 11.4. The second-order valence-corrected chi connectivity index (χ2v) is 5.45. The zero-order valence-corrected chi connectivity index (χ0v) is 10.9. The Hall–Kier alpha value is -1.07. The number of thiophene rings is 1. The Morgan fingerprint density at radius 3 is 3.00 bits per heavy atom. The first-order valence-electron chi connectivity index (χ1n) is 5.08. The van der Waals surface area contributed by atoms with E-state index in [4.69, 9.17) is 0 Å². The van der Waals surface area contributed by atoms with Gasteiger partial charge in [0.15, 0.2) is 0 Å². The summed E-state index contributed by atoms with van der Waals surface area (Å²) in [6.07, 6.45) is 1.61. The lowest BCUT2D eigenvalue weighted by molar-refractivity contribution is 0.991. The van der Waals surface area contributed by atoms with E-state index in [9.17, 15) is 0 Å². The average molecular weight is 251 g/mol. The molecule has 0 spiro atoms. The minimum Gasteiger partial charge on any atom is -0.370 e. The minimum atomic E-state index is 0.876. The highest BCUT2D eigenvalue weighted by molar-refractivity contribution is 8.01. The molecule has 0 saturated carbocycles. The molecule has 2 heterocycles. The van der Waals surface area contributed by atoms with E-state index >= 15 is 0 Å². The van der Waals surface area contributed by atoms with Crippen molar-refractivity contribution in [3.8, 4) is 0 Å². The fraction of sp³-hybridized carbons (Fsp3) is 0.273. The summed E-state index contributed by atoms with van der Waals surface area (Å²) < 4.78 is 1.25. The quantitative estimate of drug-likeness (QED) is 0.845. The van der Waals surface area contributed by atoms with Gasteiger partial charge in [0.2, 0.25) is 0 Å². The normalized spacial score (nSPS) is 10.4. The van der Waals surface area contributed by atoms with Crippen molar-refractivity contribution in [3.63, 3.8) is 0 Å². The minimum absolute atomic E-state index is 0.876. The number of aromatic nitrogens is 2. The molecule has 3 nitrogen and oxygen atoms in total. The van der Waals surface area contributed by atoms with Crippen LogP contribution in [0.1, 0.15) is 12.5 Å². The Labute approximate surface area is 103 Å². The van der Waals surface area contributed by atoms with Gasteiger partial charge in [0.1, 0.15) is 17.2 Å². The van der Waals surface area contributed by atoms with Crippen LogP contribution in [0.25, 0.3) is 0 Å². The monoisotopic (exact) mass is 251 g/mol. The maximum absolute atomic E-state index is 4.31. The second kappa shape index (κ2) is 5.32. The third kappa shape index (κ3) is 2.54. The Kier molecular flexibility index (Phi) is 3.79. The average Bonchev–Trinajstić information content (AvgIpc) is 2.77. The van der Waals surface area contributed by atoms with Crippen LogP contribution in [-0.2, 0) is 0 Å². The standard InChI is InChI=1S/C11H13N3S2/c1-3-12-10-8(2)11(14-7-13-10)16-9-5-4-6-15-9/h4-7H,3H2,1-2H3,(H,12,13,14). The molecule has 0 radical (unpaired) electrons. The Morgan fingerprint density at radius 1 is 1.44 bits per heavy atom. The smallest absolute Gasteiger partial charge is 0.133 e. The van der Waals surface area contributed by atoms with Crippen LogP contribution in [0.2, 0.25) is 0 Å². The van der Waals surface area contributed by atoms with Gasteiger partial charge in [-0.2, -0.15) is 0 Å². The van der Waals surface area contributed by atoms with Crippen molar-refractivity contribution in [1.82, 2.24) is 9.97 Å². The van der Waals surface area contributed by atoms with Crippen molar-refractivity contribution in [1.29, 1.82) is 0 Å². The Balaban J connectivity index is 2.24. The lowest BCUT2D eigenvalue weighted by Gasteiger charge is -2.08. The van der Waals surface area contributed by atoms with Crippen LogP contribution in [-0.4, -0.2) is 16.5 Å². The van der Waals surface area contributed by atoms with E-state index in [0.29, 0.717) is 0 Å². The molecule has 0 saturated heterocycles. The third-order valence-electron chi connectivity index (χ3n) is 2.07. The predicted octanol–water partition coefficient (Wildman–Crippen LogP) is 3.43. The van der Waals surface area contributed by atoms with Crippen LogP contribution in [0, 0.1) is 6.92 Å². The molecular formula is C11H13N3S2. The van der Waals surface area contributed by atoms with Gasteiger partial charge in [0.25, 0.3) is 0 Å². The van der Waals surface area contributed by atoms with Gasteiger partial charge in [-0.1, -0.05) is 17.8 Å².